The summed E-state index contributed by atoms with van der Waals surface area (Å²) in [5, 5.41) is 27.0. The van der Waals surface area contributed by atoms with Crippen LogP contribution in [0.4, 0.5) is 0 Å². The molecule has 0 fully saturated rings. The molecule has 96 valence electrons. The second-order valence-corrected chi connectivity index (χ2v) is 4.09. The molecule has 0 bridgehead atoms. The Morgan fingerprint density at radius 3 is 2.12 bits per heavy atom. The lowest BCUT2D eigenvalue weighted by Gasteiger charge is -2.26. The monoisotopic (exact) mass is 234 g/mol. The minimum Gasteiger partial charge on any atom is -0.465 e. The van der Waals surface area contributed by atoms with Crippen LogP contribution in [-0.4, -0.2) is 47.7 Å². The van der Waals surface area contributed by atoms with E-state index in [0.717, 1.165) is 19.3 Å². The van der Waals surface area contributed by atoms with Crippen molar-refractivity contribution < 1.29 is 24.9 Å². The van der Waals surface area contributed by atoms with Crippen LogP contribution in [0.5, 0.6) is 0 Å². The van der Waals surface area contributed by atoms with Crippen LogP contribution >= 0.6 is 0 Å². The van der Waals surface area contributed by atoms with E-state index >= 15 is 0 Å². The zero-order valence-corrected chi connectivity index (χ0v) is 9.81. The highest BCUT2D eigenvalue weighted by Crippen LogP contribution is 2.15. The standard InChI is InChI=1S/C11H22O5/c1-2-3-4-5-10(15)16-9-11(6-12,7-13)8-14/h12-14H,2-9H2,1H3. The fourth-order valence-corrected chi connectivity index (χ4v) is 1.11. The molecule has 0 rings (SSSR count). The number of hydrogen-bond acceptors (Lipinski definition) is 5. The van der Waals surface area contributed by atoms with Crippen molar-refractivity contribution in [1.82, 2.24) is 0 Å². The molecule has 0 unspecified atom stereocenters. The topological polar surface area (TPSA) is 87.0 Å². The average Bonchev–Trinajstić information content (AvgIpc) is 2.32. The predicted molar refractivity (Wildman–Crippen MR) is 58.8 cm³/mol. The Labute approximate surface area is 96.0 Å². The molecular weight excluding hydrogens is 212 g/mol. The minimum atomic E-state index is -1.12. The van der Waals surface area contributed by atoms with Gasteiger partial charge in [0.15, 0.2) is 0 Å². The molecule has 0 aromatic carbocycles. The van der Waals surface area contributed by atoms with E-state index in [1.807, 2.05) is 6.92 Å². The fourth-order valence-electron chi connectivity index (χ4n) is 1.11. The first kappa shape index (κ1) is 15.3. The Bertz CT molecular complexity index is 181. The maximum atomic E-state index is 11.2. The number of unbranched alkanes of at least 4 members (excludes halogenated alkanes) is 2. The van der Waals surface area contributed by atoms with Crippen molar-refractivity contribution in [3.63, 3.8) is 0 Å². The summed E-state index contributed by atoms with van der Waals surface area (Å²) in [5.74, 6) is -0.354. The van der Waals surface area contributed by atoms with Gasteiger partial charge in [0, 0.05) is 6.42 Å². The summed E-state index contributed by atoms with van der Waals surface area (Å²) in [5.41, 5.74) is -1.12. The summed E-state index contributed by atoms with van der Waals surface area (Å²) >= 11 is 0. The van der Waals surface area contributed by atoms with Crippen LogP contribution in [-0.2, 0) is 9.53 Å². The van der Waals surface area contributed by atoms with Crippen LogP contribution in [0.2, 0.25) is 0 Å². The van der Waals surface area contributed by atoms with Gasteiger partial charge in [0.2, 0.25) is 0 Å². The van der Waals surface area contributed by atoms with E-state index < -0.39 is 25.2 Å². The molecule has 0 aliphatic rings. The Morgan fingerprint density at radius 1 is 1.12 bits per heavy atom. The van der Waals surface area contributed by atoms with Gasteiger partial charge >= 0.3 is 5.97 Å². The molecule has 16 heavy (non-hydrogen) atoms. The largest absolute Gasteiger partial charge is 0.465 e. The minimum absolute atomic E-state index is 0.151. The quantitative estimate of drug-likeness (QED) is 0.388. The molecule has 0 spiro atoms. The molecule has 5 heteroatoms. The lowest BCUT2D eigenvalue weighted by atomic mass is 9.93. The number of carbonyl (C=O) groups is 1. The molecule has 0 saturated carbocycles. The van der Waals surface area contributed by atoms with Gasteiger partial charge in [-0.05, 0) is 6.42 Å². The van der Waals surface area contributed by atoms with Crippen LogP contribution in [0, 0.1) is 5.41 Å². The third-order valence-corrected chi connectivity index (χ3v) is 2.53. The van der Waals surface area contributed by atoms with Gasteiger partial charge in [-0.25, -0.2) is 0 Å². The summed E-state index contributed by atoms with van der Waals surface area (Å²) < 4.78 is 4.91. The van der Waals surface area contributed by atoms with Crippen LogP contribution in [0.3, 0.4) is 0 Å². The second kappa shape index (κ2) is 8.50. The molecule has 0 heterocycles. The SMILES string of the molecule is CCCCCC(=O)OCC(CO)(CO)CO. The number of hydrogen-bond donors (Lipinski definition) is 3. The Balaban J connectivity index is 3.87. The van der Waals surface area contributed by atoms with E-state index in [0.29, 0.717) is 6.42 Å². The summed E-state index contributed by atoms with van der Waals surface area (Å²) in [6, 6.07) is 0. The van der Waals surface area contributed by atoms with Gasteiger partial charge in [-0.15, -0.1) is 0 Å². The highest BCUT2D eigenvalue weighted by atomic mass is 16.5. The van der Waals surface area contributed by atoms with E-state index in [-0.39, 0.29) is 12.6 Å². The Morgan fingerprint density at radius 2 is 1.69 bits per heavy atom. The summed E-state index contributed by atoms with van der Waals surface area (Å²) in [4.78, 5) is 11.2. The first-order valence-corrected chi connectivity index (χ1v) is 5.62. The van der Waals surface area contributed by atoms with Crippen molar-refractivity contribution in [2.45, 2.75) is 32.6 Å². The Hall–Kier alpha value is -0.650. The first-order chi connectivity index (χ1) is 7.64. The molecule has 0 aliphatic carbocycles. The molecule has 0 aromatic heterocycles. The van der Waals surface area contributed by atoms with Crippen molar-refractivity contribution in [2.75, 3.05) is 26.4 Å². The molecule has 5 nitrogen and oxygen atoms in total. The summed E-state index contributed by atoms with van der Waals surface area (Å²) in [6.07, 6.45) is 3.12. The van der Waals surface area contributed by atoms with Crippen molar-refractivity contribution in [1.29, 1.82) is 0 Å². The predicted octanol–water partition coefficient (Wildman–Crippen LogP) is 0.0732. The molecule has 0 radical (unpaired) electrons. The van der Waals surface area contributed by atoms with E-state index in [4.69, 9.17) is 20.1 Å². The number of esters is 1. The highest BCUT2D eigenvalue weighted by Gasteiger charge is 2.29. The number of ether oxygens (including phenoxy) is 1. The third kappa shape index (κ3) is 5.44. The van der Waals surface area contributed by atoms with E-state index in [1.54, 1.807) is 0 Å². The van der Waals surface area contributed by atoms with Crippen molar-refractivity contribution in [2.24, 2.45) is 5.41 Å². The molecule has 0 saturated heterocycles. The molecule has 3 N–H and O–H groups in total. The van der Waals surface area contributed by atoms with Gasteiger partial charge in [-0.2, -0.15) is 0 Å². The zero-order chi connectivity index (χ0) is 12.4. The van der Waals surface area contributed by atoms with Crippen LogP contribution in [0.1, 0.15) is 32.6 Å². The molecule has 0 atom stereocenters. The lowest BCUT2D eigenvalue weighted by Crippen LogP contribution is -2.39. The number of aliphatic hydroxyl groups excluding tert-OH is 3. The number of carbonyl (C=O) groups excluding carboxylic acids is 1. The summed E-state index contributed by atoms with van der Waals surface area (Å²) in [6.45, 7) is 0.647. The van der Waals surface area contributed by atoms with Gasteiger partial charge in [-0.3, -0.25) is 4.79 Å². The zero-order valence-electron chi connectivity index (χ0n) is 9.81. The van der Waals surface area contributed by atoms with E-state index in [9.17, 15) is 4.79 Å². The molecule has 0 aliphatic heterocycles. The maximum absolute atomic E-state index is 11.2. The third-order valence-electron chi connectivity index (χ3n) is 2.53. The normalized spacial score (nSPS) is 11.5. The maximum Gasteiger partial charge on any atom is 0.305 e. The fraction of sp³-hybridized carbons (Fsp3) is 0.909. The smallest absolute Gasteiger partial charge is 0.305 e. The van der Waals surface area contributed by atoms with Crippen LogP contribution in [0.15, 0.2) is 0 Å². The highest BCUT2D eigenvalue weighted by molar-refractivity contribution is 5.69. The summed E-state index contributed by atoms with van der Waals surface area (Å²) in [7, 11) is 0. The molecule has 0 aromatic rings. The van der Waals surface area contributed by atoms with Crippen molar-refractivity contribution >= 4 is 5.97 Å². The average molecular weight is 234 g/mol. The van der Waals surface area contributed by atoms with Crippen LogP contribution < -0.4 is 0 Å². The number of rotatable bonds is 9. The lowest BCUT2D eigenvalue weighted by molar-refractivity contribution is -0.151. The number of aliphatic hydroxyl groups is 3. The van der Waals surface area contributed by atoms with Crippen LogP contribution in [0.25, 0.3) is 0 Å². The van der Waals surface area contributed by atoms with Gasteiger partial charge in [0.25, 0.3) is 0 Å². The first-order valence-electron chi connectivity index (χ1n) is 5.62. The second-order valence-electron chi connectivity index (χ2n) is 4.09. The molecular formula is C11H22O5. The van der Waals surface area contributed by atoms with Gasteiger partial charge in [0.1, 0.15) is 6.61 Å². The van der Waals surface area contributed by atoms with Gasteiger partial charge in [0.05, 0.1) is 25.2 Å². The van der Waals surface area contributed by atoms with E-state index in [2.05, 4.69) is 0 Å². The van der Waals surface area contributed by atoms with Crippen molar-refractivity contribution in [3.05, 3.63) is 0 Å². The van der Waals surface area contributed by atoms with Gasteiger partial charge < -0.3 is 20.1 Å². The van der Waals surface area contributed by atoms with Gasteiger partial charge in [-0.1, -0.05) is 19.8 Å². The Kier molecular flexibility index (Phi) is 8.15. The van der Waals surface area contributed by atoms with E-state index in [1.165, 1.54) is 0 Å². The molecule has 0 amide bonds. The van der Waals surface area contributed by atoms with Crippen molar-refractivity contribution in [3.8, 4) is 0 Å².